The number of benzene rings is 4. The summed E-state index contributed by atoms with van der Waals surface area (Å²) >= 11 is 0. The maximum Gasteiger partial charge on any atom is 0.192 e. The van der Waals surface area contributed by atoms with Crippen LogP contribution in [-0.4, -0.2) is 12.9 Å². The Kier molecular flexibility index (Phi) is 3.59. The number of rotatable bonds is 2. The molecule has 0 saturated heterocycles. The Morgan fingerprint density at radius 1 is 0.800 bits per heavy atom. The lowest BCUT2D eigenvalue weighted by Crippen LogP contribution is -2.19. The van der Waals surface area contributed by atoms with E-state index in [2.05, 4.69) is 53.8 Å². The Morgan fingerprint density at radius 2 is 1.53 bits per heavy atom. The van der Waals surface area contributed by atoms with Crippen LogP contribution >= 0.6 is 0 Å². The van der Waals surface area contributed by atoms with E-state index in [1.54, 1.807) is 7.11 Å². The summed E-state index contributed by atoms with van der Waals surface area (Å²) in [7, 11) is 1.67. The number of Topliss-reactive ketones (excluding diaryl/α,β-unsaturated/α-hetero) is 1. The second-order valence-electron chi connectivity index (χ2n) is 7.74. The SMILES string of the molecule is COc1ccc(C2C3=C(Nc4ccc5ccccc5c42)c2ccccc2C3=O)cc1. The number of anilines is 1. The van der Waals surface area contributed by atoms with E-state index >= 15 is 0 Å². The number of ketones is 1. The van der Waals surface area contributed by atoms with E-state index in [-0.39, 0.29) is 11.7 Å². The number of fused-ring (bicyclic) bond motifs is 5. The summed E-state index contributed by atoms with van der Waals surface area (Å²) in [6.07, 6.45) is 0. The molecule has 0 fully saturated rings. The monoisotopic (exact) mass is 389 g/mol. The van der Waals surface area contributed by atoms with Gasteiger partial charge in [-0.1, -0.05) is 66.7 Å². The van der Waals surface area contributed by atoms with Gasteiger partial charge in [0, 0.05) is 28.3 Å². The first-order valence-corrected chi connectivity index (χ1v) is 10.1. The predicted molar refractivity (Wildman–Crippen MR) is 120 cm³/mol. The quantitative estimate of drug-likeness (QED) is 0.456. The first-order valence-electron chi connectivity index (χ1n) is 10.1. The van der Waals surface area contributed by atoms with Crippen molar-refractivity contribution in [2.45, 2.75) is 5.92 Å². The van der Waals surface area contributed by atoms with Crippen molar-refractivity contribution in [2.75, 3.05) is 12.4 Å². The van der Waals surface area contributed by atoms with Gasteiger partial charge < -0.3 is 10.1 Å². The summed E-state index contributed by atoms with van der Waals surface area (Å²) in [5.41, 5.74) is 6.80. The van der Waals surface area contributed by atoms with E-state index in [1.165, 1.54) is 10.8 Å². The Hall–Kier alpha value is -3.85. The van der Waals surface area contributed by atoms with Crippen LogP contribution in [0.2, 0.25) is 0 Å². The van der Waals surface area contributed by atoms with E-state index in [0.29, 0.717) is 0 Å². The van der Waals surface area contributed by atoms with Gasteiger partial charge in [-0.05, 0) is 40.1 Å². The molecule has 0 bridgehead atoms. The molecule has 3 nitrogen and oxygen atoms in total. The Morgan fingerprint density at radius 3 is 2.33 bits per heavy atom. The molecular formula is C27H19NO2. The van der Waals surface area contributed by atoms with Crippen LogP contribution in [0.25, 0.3) is 16.5 Å². The highest BCUT2D eigenvalue weighted by molar-refractivity contribution is 6.24. The van der Waals surface area contributed by atoms with Gasteiger partial charge in [0.05, 0.1) is 12.8 Å². The van der Waals surface area contributed by atoms with Crippen molar-refractivity contribution in [1.29, 1.82) is 0 Å². The van der Waals surface area contributed by atoms with Gasteiger partial charge in [0.2, 0.25) is 0 Å². The Balaban J connectivity index is 1.66. The number of allylic oxidation sites excluding steroid dienone is 1. The zero-order valence-corrected chi connectivity index (χ0v) is 16.5. The van der Waals surface area contributed by atoms with Crippen LogP contribution in [0.15, 0.2) is 90.5 Å². The van der Waals surface area contributed by atoms with Crippen molar-refractivity contribution in [3.05, 3.63) is 113 Å². The largest absolute Gasteiger partial charge is 0.497 e. The van der Waals surface area contributed by atoms with Crippen LogP contribution in [-0.2, 0) is 0 Å². The number of hydrogen-bond donors (Lipinski definition) is 1. The Labute approximate surface area is 174 Å². The zero-order chi connectivity index (χ0) is 20.2. The number of ether oxygens (including phenoxy) is 1. The average Bonchev–Trinajstić information content (AvgIpc) is 3.09. The zero-order valence-electron chi connectivity index (χ0n) is 16.5. The van der Waals surface area contributed by atoms with Crippen molar-refractivity contribution in [3.8, 4) is 5.75 Å². The molecule has 0 aromatic heterocycles. The molecule has 0 saturated carbocycles. The highest BCUT2D eigenvalue weighted by Crippen LogP contribution is 2.51. The smallest absolute Gasteiger partial charge is 0.192 e. The summed E-state index contributed by atoms with van der Waals surface area (Å²) in [6.45, 7) is 0. The molecule has 144 valence electrons. The lowest BCUT2D eigenvalue weighted by molar-refractivity contribution is 0.103. The number of carbonyl (C=O) groups is 1. The molecule has 2 aliphatic rings. The highest BCUT2D eigenvalue weighted by atomic mass is 16.5. The van der Waals surface area contributed by atoms with Gasteiger partial charge in [-0.25, -0.2) is 0 Å². The number of methoxy groups -OCH3 is 1. The second kappa shape index (κ2) is 6.33. The predicted octanol–water partition coefficient (Wildman–Crippen LogP) is 6.01. The molecule has 30 heavy (non-hydrogen) atoms. The first-order chi connectivity index (χ1) is 14.8. The van der Waals surface area contributed by atoms with Gasteiger partial charge in [0.1, 0.15) is 5.75 Å². The normalized spacial score (nSPS) is 16.7. The summed E-state index contributed by atoms with van der Waals surface area (Å²) < 4.78 is 5.36. The fourth-order valence-electron chi connectivity index (χ4n) is 4.84. The van der Waals surface area contributed by atoms with Gasteiger partial charge in [-0.15, -0.1) is 0 Å². The summed E-state index contributed by atoms with van der Waals surface area (Å²) in [5, 5.41) is 5.93. The van der Waals surface area contributed by atoms with E-state index in [4.69, 9.17) is 4.74 Å². The lowest BCUT2D eigenvalue weighted by atomic mass is 9.78. The molecule has 4 aromatic rings. The third kappa shape index (κ3) is 2.29. The molecule has 0 amide bonds. The molecule has 4 aromatic carbocycles. The maximum absolute atomic E-state index is 13.6. The van der Waals surface area contributed by atoms with Crippen LogP contribution in [0.5, 0.6) is 5.75 Å². The minimum atomic E-state index is -0.145. The molecule has 1 heterocycles. The van der Waals surface area contributed by atoms with E-state index in [1.807, 2.05) is 36.4 Å². The fraction of sp³-hybridized carbons (Fsp3) is 0.0741. The molecule has 1 atom stereocenters. The average molecular weight is 389 g/mol. The lowest BCUT2D eigenvalue weighted by Gasteiger charge is -2.30. The molecule has 1 N–H and O–H groups in total. The topological polar surface area (TPSA) is 38.3 Å². The molecule has 3 heteroatoms. The minimum absolute atomic E-state index is 0.104. The molecule has 0 radical (unpaired) electrons. The van der Waals surface area contributed by atoms with Crippen LogP contribution in [0.1, 0.15) is 33.0 Å². The Bertz CT molecular complexity index is 1370. The molecule has 1 aliphatic carbocycles. The van der Waals surface area contributed by atoms with Crippen LogP contribution in [0.4, 0.5) is 5.69 Å². The molecule has 1 unspecified atom stereocenters. The van der Waals surface area contributed by atoms with Gasteiger partial charge in [0.15, 0.2) is 5.78 Å². The van der Waals surface area contributed by atoms with Crippen molar-refractivity contribution in [1.82, 2.24) is 0 Å². The molecule has 1 aliphatic heterocycles. The summed E-state index contributed by atoms with van der Waals surface area (Å²) in [4.78, 5) is 13.6. The van der Waals surface area contributed by atoms with Crippen LogP contribution in [0, 0.1) is 0 Å². The van der Waals surface area contributed by atoms with Crippen molar-refractivity contribution in [3.63, 3.8) is 0 Å². The standard InChI is InChI=1S/C27H19NO2/c1-30-18-13-10-17(11-14-18)23-24-19-7-3-2-6-16(19)12-15-22(24)28-26-20-8-4-5-9-21(20)27(29)25(23)26/h2-15,23,28H,1H3. The molecule has 6 rings (SSSR count). The van der Waals surface area contributed by atoms with Crippen molar-refractivity contribution in [2.24, 2.45) is 0 Å². The third-order valence-electron chi connectivity index (χ3n) is 6.21. The summed E-state index contributed by atoms with van der Waals surface area (Å²) in [5.74, 6) is 0.765. The number of hydrogen-bond acceptors (Lipinski definition) is 3. The minimum Gasteiger partial charge on any atom is -0.497 e. The van der Waals surface area contributed by atoms with E-state index < -0.39 is 0 Å². The molecular weight excluding hydrogens is 370 g/mol. The van der Waals surface area contributed by atoms with Crippen molar-refractivity contribution < 1.29 is 9.53 Å². The first kappa shape index (κ1) is 17.0. The van der Waals surface area contributed by atoms with Gasteiger partial charge in [-0.2, -0.15) is 0 Å². The van der Waals surface area contributed by atoms with Gasteiger partial charge in [0.25, 0.3) is 0 Å². The van der Waals surface area contributed by atoms with Crippen LogP contribution < -0.4 is 10.1 Å². The second-order valence-corrected chi connectivity index (χ2v) is 7.74. The summed E-state index contributed by atoms with van der Waals surface area (Å²) in [6, 6.07) is 28.6. The number of carbonyl (C=O) groups excluding carboxylic acids is 1. The van der Waals surface area contributed by atoms with E-state index in [9.17, 15) is 4.79 Å². The number of nitrogens with one attached hydrogen (secondary N) is 1. The fourth-order valence-corrected chi connectivity index (χ4v) is 4.84. The van der Waals surface area contributed by atoms with E-state index in [0.717, 1.165) is 45.0 Å². The third-order valence-corrected chi connectivity index (χ3v) is 6.21. The highest BCUT2D eigenvalue weighted by Gasteiger charge is 2.40. The molecule has 0 spiro atoms. The maximum atomic E-state index is 13.6. The van der Waals surface area contributed by atoms with Gasteiger partial charge in [-0.3, -0.25) is 4.79 Å². The van der Waals surface area contributed by atoms with Gasteiger partial charge >= 0.3 is 0 Å². The van der Waals surface area contributed by atoms with Crippen LogP contribution in [0.3, 0.4) is 0 Å². The van der Waals surface area contributed by atoms with Crippen molar-refractivity contribution >= 4 is 27.9 Å².